The molecule has 0 bridgehead atoms. The fourth-order valence-corrected chi connectivity index (χ4v) is 3.36. The van der Waals surface area contributed by atoms with Gasteiger partial charge in [0.1, 0.15) is 6.61 Å². The van der Waals surface area contributed by atoms with Gasteiger partial charge in [-0.2, -0.15) is 0 Å². The van der Waals surface area contributed by atoms with E-state index in [2.05, 4.69) is 10.6 Å². The zero-order chi connectivity index (χ0) is 19.6. The molecule has 0 radical (unpaired) electrons. The van der Waals surface area contributed by atoms with Gasteiger partial charge in [-0.25, -0.2) is 9.59 Å². The molecule has 1 atom stereocenters. The van der Waals surface area contributed by atoms with Crippen molar-refractivity contribution in [2.45, 2.75) is 33.1 Å². The van der Waals surface area contributed by atoms with Crippen LogP contribution in [0.4, 0.5) is 5.69 Å². The van der Waals surface area contributed by atoms with Gasteiger partial charge in [-0.15, -0.1) is 0 Å². The number of benzene rings is 1. The number of hydrogen-bond donors (Lipinski definition) is 2. The number of cyclic esters (lactones) is 1. The van der Waals surface area contributed by atoms with Gasteiger partial charge in [0, 0.05) is 17.8 Å². The van der Waals surface area contributed by atoms with Crippen LogP contribution in [0, 0.1) is 0 Å². The highest BCUT2D eigenvalue weighted by atomic mass is 16.5. The second-order valence-electron chi connectivity index (χ2n) is 6.27. The predicted octanol–water partition coefficient (Wildman–Crippen LogP) is 2.37. The second-order valence-corrected chi connectivity index (χ2v) is 6.27. The molecule has 1 aromatic rings. The first-order valence-electron chi connectivity index (χ1n) is 8.91. The zero-order valence-corrected chi connectivity index (χ0v) is 15.5. The number of dihydropyridines is 1. The van der Waals surface area contributed by atoms with Crippen molar-refractivity contribution in [2.75, 3.05) is 18.5 Å². The molecule has 2 aliphatic heterocycles. The molecule has 142 valence electrons. The van der Waals surface area contributed by atoms with Gasteiger partial charge in [-0.3, -0.25) is 4.79 Å². The Hall–Kier alpha value is -3.09. The van der Waals surface area contributed by atoms with Crippen molar-refractivity contribution in [1.82, 2.24) is 5.32 Å². The molecule has 0 saturated heterocycles. The quantitative estimate of drug-likeness (QED) is 0.773. The molecule has 7 heteroatoms. The summed E-state index contributed by atoms with van der Waals surface area (Å²) in [6.07, 6.45) is 0.316. The minimum atomic E-state index is -0.677. The van der Waals surface area contributed by atoms with Crippen molar-refractivity contribution < 1.29 is 23.9 Å². The second kappa shape index (κ2) is 7.65. The van der Waals surface area contributed by atoms with Crippen molar-refractivity contribution in [3.05, 3.63) is 52.4 Å². The molecule has 0 spiro atoms. The third-order valence-corrected chi connectivity index (χ3v) is 4.57. The summed E-state index contributed by atoms with van der Waals surface area (Å²) in [5.74, 6) is -1.81. The van der Waals surface area contributed by atoms with Crippen molar-refractivity contribution in [3.63, 3.8) is 0 Å². The monoisotopic (exact) mass is 370 g/mol. The van der Waals surface area contributed by atoms with Gasteiger partial charge in [0.15, 0.2) is 0 Å². The molecule has 1 unspecified atom stereocenters. The Kier molecular flexibility index (Phi) is 5.30. The summed E-state index contributed by atoms with van der Waals surface area (Å²) in [5.41, 5.74) is 3.15. The summed E-state index contributed by atoms with van der Waals surface area (Å²) in [4.78, 5) is 37.1. The van der Waals surface area contributed by atoms with Gasteiger partial charge >= 0.3 is 11.9 Å². The highest BCUT2D eigenvalue weighted by Gasteiger charge is 2.42. The lowest BCUT2D eigenvalue weighted by molar-refractivity contribution is -0.138. The molecule has 7 nitrogen and oxygen atoms in total. The molecular weight excluding hydrogens is 348 g/mol. The van der Waals surface area contributed by atoms with Crippen molar-refractivity contribution in [2.24, 2.45) is 0 Å². The molecule has 2 aliphatic rings. The largest absolute Gasteiger partial charge is 0.463 e. The van der Waals surface area contributed by atoms with Gasteiger partial charge in [0.2, 0.25) is 5.91 Å². The lowest BCUT2D eigenvalue weighted by Gasteiger charge is -2.28. The first-order valence-corrected chi connectivity index (χ1v) is 8.91. The molecule has 0 aromatic heterocycles. The van der Waals surface area contributed by atoms with E-state index in [1.807, 2.05) is 0 Å². The maximum atomic E-state index is 12.7. The zero-order valence-electron chi connectivity index (χ0n) is 15.5. The van der Waals surface area contributed by atoms with Gasteiger partial charge in [-0.1, -0.05) is 25.1 Å². The minimum Gasteiger partial charge on any atom is -0.463 e. The number of nitrogens with one attached hydrogen (secondary N) is 2. The molecule has 27 heavy (non-hydrogen) atoms. The Morgan fingerprint density at radius 1 is 1.30 bits per heavy atom. The van der Waals surface area contributed by atoms with Gasteiger partial charge in [-0.05, 0) is 25.5 Å². The number of carbonyl (C=O) groups is 3. The SMILES string of the molecule is CCOC(=O)C1=C(C)NC2=C(C(=O)OC2)C1c1ccccc1NC(=O)CC. The predicted molar refractivity (Wildman–Crippen MR) is 98.6 cm³/mol. The van der Waals surface area contributed by atoms with Crippen LogP contribution in [0.1, 0.15) is 38.7 Å². The van der Waals surface area contributed by atoms with E-state index in [1.165, 1.54) is 0 Å². The van der Waals surface area contributed by atoms with Crippen molar-refractivity contribution in [3.8, 4) is 0 Å². The van der Waals surface area contributed by atoms with Crippen LogP contribution < -0.4 is 10.6 Å². The highest BCUT2D eigenvalue weighted by molar-refractivity contribution is 6.02. The van der Waals surface area contributed by atoms with E-state index in [0.717, 1.165) is 0 Å². The van der Waals surface area contributed by atoms with Crippen molar-refractivity contribution >= 4 is 23.5 Å². The summed E-state index contributed by atoms with van der Waals surface area (Å²) in [7, 11) is 0. The van der Waals surface area contributed by atoms with Crippen LogP contribution in [-0.2, 0) is 23.9 Å². The minimum absolute atomic E-state index is 0.127. The van der Waals surface area contributed by atoms with Gasteiger partial charge in [0.05, 0.1) is 29.4 Å². The third kappa shape index (κ3) is 3.45. The van der Waals surface area contributed by atoms with Crippen LogP contribution in [0.3, 0.4) is 0 Å². The Balaban J connectivity index is 2.16. The lowest BCUT2D eigenvalue weighted by atomic mass is 9.80. The first kappa shape index (κ1) is 18.7. The number of ether oxygens (including phenoxy) is 2. The van der Waals surface area contributed by atoms with Crippen LogP contribution in [0.2, 0.25) is 0 Å². The standard InChI is InChI=1S/C20H22N2O5/c1-4-15(23)22-13-9-7-6-8-12(13)17-16(19(24)26-5-2)11(3)21-14-10-27-20(25)18(14)17/h6-9,17,21H,4-5,10H2,1-3H3,(H,22,23). The number of carbonyl (C=O) groups excluding carboxylic acids is 3. The Morgan fingerprint density at radius 2 is 2.04 bits per heavy atom. The fraction of sp³-hybridized carbons (Fsp3) is 0.350. The number of allylic oxidation sites excluding steroid dienone is 1. The van der Waals surface area contributed by atoms with E-state index >= 15 is 0 Å². The van der Waals surface area contributed by atoms with E-state index in [9.17, 15) is 14.4 Å². The van der Waals surface area contributed by atoms with Crippen LogP contribution in [-0.4, -0.2) is 31.1 Å². The smallest absolute Gasteiger partial charge is 0.337 e. The number of para-hydroxylation sites is 1. The van der Waals surface area contributed by atoms with E-state index in [-0.39, 0.29) is 19.1 Å². The maximum Gasteiger partial charge on any atom is 0.337 e. The van der Waals surface area contributed by atoms with Crippen LogP contribution in [0.25, 0.3) is 0 Å². The molecule has 1 aromatic carbocycles. The maximum absolute atomic E-state index is 12.7. The van der Waals surface area contributed by atoms with E-state index in [1.54, 1.807) is 45.0 Å². The average molecular weight is 370 g/mol. The van der Waals surface area contributed by atoms with Crippen LogP contribution >= 0.6 is 0 Å². The Bertz CT molecular complexity index is 869. The molecule has 0 fully saturated rings. The first-order chi connectivity index (χ1) is 13.0. The molecule has 3 rings (SSSR count). The number of rotatable bonds is 5. The number of amides is 1. The normalized spacial score (nSPS) is 18.6. The fourth-order valence-electron chi connectivity index (χ4n) is 3.36. The summed E-state index contributed by atoms with van der Waals surface area (Å²) in [6.45, 7) is 5.59. The molecule has 2 heterocycles. The number of esters is 2. The summed E-state index contributed by atoms with van der Waals surface area (Å²) < 4.78 is 10.4. The van der Waals surface area contributed by atoms with E-state index in [4.69, 9.17) is 9.47 Å². The molecule has 2 N–H and O–H groups in total. The third-order valence-electron chi connectivity index (χ3n) is 4.57. The molecule has 1 amide bonds. The van der Waals surface area contributed by atoms with E-state index < -0.39 is 17.9 Å². The summed E-state index contributed by atoms with van der Waals surface area (Å²) in [6, 6.07) is 7.14. The molecule has 0 saturated carbocycles. The lowest BCUT2D eigenvalue weighted by Crippen LogP contribution is -2.30. The number of hydrogen-bond acceptors (Lipinski definition) is 6. The highest BCUT2D eigenvalue weighted by Crippen LogP contribution is 2.43. The van der Waals surface area contributed by atoms with Gasteiger partial charge < -0.3 is 20.1 Å². The van der Waals surface area contributed by atoms with Crippen molar-refractivity contribution in [1.29, 1.82) is 0 Å². The number of anilines is 1. The van der Waals surface area contributed by atoms with E-state index in [0.29, 0.717) is 40.2 Å². The van der Waals surface area contributed by atoms with Crippen LogP contribution in [0.5, 0.6) is 0 Å². The average Bonchev–Trinajstić information content (AvgIpc) is 3.01. The molecular formula is C20H22N2O5. The Labute approximate surface area is 157 Å². The molecule has 0 aliphatic carbocycles. The topological polar surface area (TPSA) is 93.7 Å². The van der Waals surface area contributed by atoms with Crippen LogP contribution in [0.15, 0.2) is 46.8 Å². The summed E-state index contributed by atoms with van der Waals surface area (Å²) >= 11 is 0. The summed E-state index contributed by atoms with van der Waals surface area (Å²) in [5, 5.41) is 5.94. The Morgan fingerprint density at radius 3 is 2.74 bits per heavy atom. The van der Waals surface area contributed by atoms with Gasteiger partial charge in [0.25, 0.3) is 0 Å².